The highest BCUT2D eigenvalue weighted by atomic mass is 32.2. The summed E-state index contributed by atoms with van der Waals surface area (Å²) in [5, 5.41) is 9.47. The Morgan fingerprint density at radius 3 is 2.23 bits per heavy atom. The minimum Gasteiger partial charge on any atom is -0.392 e. The Kier molecular flexibility index (Phi) is 3.70. The van der Waals surface area contributed by atoms with E-state index in [4.69, 9.17) is 4.55 Å². The fourth-order valence-corrected chi connectivity index (χ4v) is 2.57. The normalized spacial score (nSPS) is 22.9. The molecule has 0 amide bonds. The summed E-state index contributed by atoms with van der Waals surface area (Å²) in [6.45, 7) is 0. The van der Waals surface area contributed by atoms with E-state index in [0.29, 0.717) is 0 Å². The minimum absolute atomic E-state index is 0.0516. The molecule has 1 rings (SSSR count). The van der Waals surface area contributed by atoms with E-state index in [-0.39, 0.29) is 5.92 Å². The van der Waals surface area contributed by atoms with E-state index in [1.54, 1.807) is 0 Å². The topological polar surface area (TPSA) is 74.6 Å². The average molecular weight is 208 g/mol. The average Bonchev–Trinajstić information content (AvgIpc) is 2.03. The molecule has 0 radical (unpaired) electrons. The molecule has 0 aliphatic heterocycles. The van der Waals surface area contributed by atoms with Crippen LogP contribution >= 0.6 is 0 Å². The maximum Gasteiger partial charge on any atom is 0.267 e. The van der Waals surface area contributed by atoms with Gasteiger partial charge in [0.1, 0.15) is 5.75 Å². The molecule has 13 heavy (non-hydrogen) atoms. The predicted molar refractivity (Wildman–Crippen MR) is 49.0 cm³/mol. The van der Waals surface area contributed by atoms with Gasteiger partial charge in [-0.15, -0.1) is 0 Å². The van der Waals surface area contributed by atoms with E-state index in [1.807, 2.05) is 0 Å². The molecule has 1 saturated carbocycles. The van der Waals surface area contributed by atoms with Gasteiger partial charge in [0.25, 0.3) is 10.1 Å². The second kappa shape index (κ2) is 4.39. The SMILES string of the molecule is O=S(=O)(O)CC(O)C1CCCCC1. The Hall–Kier alpha value is -0.130. The summed E-state index contributed by atoms with van der Waals surface area (Å²) >= 11 is 0. The van der Waals surface area contributed by atoms with Gasteiger partial charge in [-0.05, 0) is 18.8 Å². The summed E-state index contributed by atoms with van der Waals surface area (Å²) < 4.78 is 29.5. The van der Waals surface area contributed by atoms with Crippen LogP contribution in [0.4, 0.5) is 0 Å². The highest BCUT2D eigenvalue weighted by molar-refractivity contribution is 7.85. The minimum atomic E-state index is -4.02. The third kappa shape index (κ3) is 4.06. The van der Waals surface area contributed by atoms with Crippen LogP contribution in [0.1, 0.15) is 32.1 Å². The van der Waals surface area contributed by atoms with Crippen molar-refractivity contribution in [1.29, 1.82) is 0 Å². The Morgan fingerprint density at radius 1 is 1.23 bits per heavy atom. The third-order valence-electron chi connectivity index (χ3n) is 2.58. The number of aliphatic hydroxyl groups excluding tert-OH is 1. The van der Waals surface area contributed by atoms with Crippen LogP contribution in [0, 0.1) is 5.92 Å². The Balaban J connectivity index is 2.42. The van der Waals surface area contributed by atoms with Crippen molar-refractivity contribution in [2.75, 3.05) is 5.75 Å². The quantitative estimate of drug-likeness (QED) is 0.673. The van der Waals surface area contributed by atoms with Gasteiger partial charge in [0.05, 0.1) is 6.10 Å². The molecule has 0 spiro atoms. The fourth-order valence-electron chi connectivity index (χ4n) is 1.87. The lowest BCUT2D eigenvalue weighted by Crippen LogP contribution is -2.30. The maximum absolute atomic E-state index is 10.5. The Bertz CT molecular complexity index is 241. The molecule has 5 heteroatoms. The largest absolute Gasteiger partial charge is 0.392 e. The second-order valence-electron chi connectivity index (χ2n) is 3.71. The zero-order valence-corrected chi connectivity index (χ0v) is 8.33. The first-order valence-corrected chi connectivity index (χ1v) is 6.23. The number of hydrogen-bond donors (Lipinski definition) is 2. The van der Waals surface area contributed by atoms with Crippen molar-refractivity contribution < 1.29 is 18.1 Å². The summed E-state index contributed by atoms with van der Waals surface area (Å²) in [6.07, 6.45) is 4.11. The van der Waals surface area contributed by atoms with Gasteiger partial charge in [0.2, 0.25) is 0 Å². The molecule has 4 nitrogen and oxygen atoms in total. The van der Waals surface area contributed by atoms with Crippen LogP contribution in [0.25, 0.3) is 0 Å². The predicted octanol–water partition coefficient (Wildman–Crippen LogP) is 0.815. The van der Waals surface area contributed by atoms with Crippen molar-refractivity contribution in [3.8, 4) is 0 Å². The molecule has 1 unspecified atom stereocenters. The highest BCUT2D eigenvalue weighted by Gasteiger charge is 2.25. The zero-order valence-electron chi connectivity index (χ0n) is 7.52. The molecule has 1 fully saturated rings. The van der Waals surface area contributed by atoms with Gasteiger partial charge in [0.15, 0.2) is 0 Å². The number of hydrogen-bond acceptors (Lipinski definition) is 3. The molecule has 0 saturated heterocycles. The molecule has 0 aromatic carbocycles. The van der Waals surface area contributed by atoms with Crippen molar-refractivity contribution >= 4 is 10.1 Å². The molecule has 0 aromatic heterocycles. The van der Waals surface area contributed by atoms with E-state index in [9.17, 15) is 13.5 Å². The standard InChI is InChI=1S/C8H16O4S/c9-8(6-13(10,11)12)7-4-2-1-3-5-7/h7-9H,1-6H2,(H,10,11,12). The van der Waals surface area contributed by atoms with Crippen molar-refractivity contribution in [3.05, 3.63) is 0 Å². The molecule has 0 bridgehead atoms. The molecular weight excluding hydrogens is 192 g/mol. The van der Waals surface area contributed by atoms with Gasteiger partial charge in [-0.3, -0.25) is 4.55 Å². The van der Waals surface area contributed by atoms with Crippen molar-refractivity contribution in [2.24, 2.45) is 5.92 Å². The van der Waals surface area contributed by atoms with Gasteiger partial charge in [-0.1, -0.05) is 19.3 Å². The number of aliphatic hydroxyl groups is 1. The first-order valence-electron chi connectivity index (χ1n) is 4.62. The van der Waals surface area contributed by atoms with E-state index in [1.165, 1.54) is 0 Å². The van der Waals surface area contributed by atoms with E-state index >= 15 is 0 Å². The summed E-state index contributed by atoms with van der Waals surface area (Å²) in [5.74, 6) is -0.465. The second-order valence-corrected chi connectivity index (χ2v) is 5.21. The summed E-state index contributed by atoms with van der Waals surface area (Å²) in [5.41, 5.74) is 0. The lowest BCUT2D eigenvalue weighted by atomic mass is 9.86. The van der Waals surface area contributed by atoms with Crippen LogP contribution in [-0.2, 0) is 10.1 Å². The van der Waals surface area contributed by atoms with Gasteiger partial charge >= 0.3 is 0 Å². The van der Waals surface area contributed by atoms with Crippen LogP contribution in [-0.4, -0.2) is 29.9 Å². The summed E-state index contributed by atoms with van der Waals surface area (Å²) in [7, 11) is -4.02. The van der Waals surface area contributed by atoms with E-state index in [2.05, 4.69) is 0 Å². The monoisotopic (exact) mass is 208 g/mol. The lowest BCUT2D eigenvalue weighted by molar-refractivity contribution is 0.102. The molecule has 1 aliphatic rings. The first-order chi connectivity index (χ1) is 5.99. The summed E-state index contributed by atoms with van der Waals surface area (Å²) in [4.78, 5) is 0. The third-order valence-corrected chi connectivity index (χ3v) is 3.34. The van der Waals surface area contributed by atoms with E-state index in [0.717, 1.165) is 32.1 Å². The molecule has 78 valence electrons. The van der Waals surface area contributed by atoms with Gasteiger partial charge in [-0.2, -0.15) is 8.42 Å². The first kappa shape index (κ1) is 10.9. The molecule has 0 heterocycles. The fraction of sp³-hybridized carbons (Fsp3) is 1.00. The van der Waals surface area contributed by atoms with Gasteiger partial charge in [0, 0.05) is 0 Å². The highest BCUT2D eigenvalue weighted by Crippen LogP contribution is 2.26. The molecule has 1 atom stereocenters. The van der Waals surface area contributed by atoms with Gasteiger partial charge in [-0.25, -0.2) is 0 Å². The Morgan fingerprint density at radius 2 is 1.77 bits per heavy atom. The summed E-state index contributed by atoms with van der Waals surface area (Å²) in [6, 6.07) is 0. The van der Waals surface area contributed by atoms with Crippen LogP contribution in [0.5, 0.6) is 0 Å². The van der Waals surface area contributed by atoms with Crippen LogP contribution in [0.15, 0.2) is 0 Å². The van der Waals surface area contributed by atoms with Gasteiger partial charge < -0.3 is 5.11 Å². The molecule has 2 N–H and O–H groups in total. The maximum atomic E-state index is 10.5. The van der Waals surface area contributed by atoms with Crippen LogP contribution in [0.3, 0.4) is 0 Å². The molecular formula is C8H16O4S. The molecule has 0 aromatic rings. The zero-order chi connectivity index (χ0) is 9.90. The van der Waals surface area contributed by atoms with Crippen LogP contribution in [0.2, 0.25) is 0 Å². The van der Waals surface area contributed by atoms with Crippen molar-refractivity contribution in [1.82, 2.24) is 0 Å². The van der Waals surface area contributed by atoms with Crippen LogP contribution < -0.4 is 0 Å². The smallest absolute Gasteiger partial charge is 0.267 e. The Labute approximate surface area is 78.7 Å². The van der Waals surface area contributed by atoms with Crippen molar-refractivity contribution in [3.63, 3.8) is 0 Å². The van der Waals surface area contributed by atoms with E-state index < -0.39 is 22.0 Å². The van der Waals surface area contributed by atoms with Crippen molar-refractivity contribution in [2.45, 2.75) is 38.2 Å². The number of rotatable bonds is 3. The lowest BCUT2D eigenvalue weighted by Gasteiger charge is -2.25. The molecule has 1 aliphatic carbocycles.